The van der Waals surface area contributed by atoms with Crippen LogP contribution in [0.4, 0.5) is 0 Å². The monoisotopic (exact) mass is 252 g/mol. The van der Waals surface area contributed by atoms with Crippen molar-refractivity contribution in [3.8, 4) is 0 Å². The number of rotatable bonds is 3. The first-order valence-corrected chi connectivity index (χ1v) is 7.43. The average Bonchev–Trinajstić information content (AvgIpc) is 2.71. The predicted molar refractivity (Wildman–Crippen MR) is 74.5 cm³/mol. The highest BCUT2D eigenvalue weighted by Gasteiger charge is 2.37. The van der Waals surface area contributed by atoms with Crippen LogP contribution in [0.15, 0.2) is 0 Å². The largest absolute Gasteiger partial charge is 0.342 e. The fraction of sp³-hybridized carbons (Fsp3) is 0.933. The van der Waals surface area contributed by atoms with Crippen LogP contribution < -0.4 is 5.32 Å². The maximum atomic E-state index is 12.5. The quantitative estimate of drug-likeness (QED) is 0.837. The number of nitrogens with one attached hydrogen (secondary N) is 1. The van der Waals surface area contributed by atoms with Gasteiger partial charge in [0.15, 0.2) is 0 Å². The number of hydrogen-bond donors (Lipinski definition) is 1. The fourth-order valence-corrected chi connectivity index (χ4v) is 3.47. The van der Waals surface area contributed by atoms with E-state index in [1.54, 1.807) is 0 Å². The highest BCUT2D eigenvalue weighted by molar-refractivity contribution is 5.77. The maximum absolute atomic E-state index is 12.5. The number of likely N-dealkylation sites (tertiary alicyclic amines) is 1. The smallest absolute Gasteiger partial charge is 0.224 e. The molecule has 1 aliphatic carbocycles. The molecule has 2 fully saturated rings. The molecule has 1 heterocycles. The second kappa shape index (κ2) is 5.20. The zero-order valence-electron chi connectivity index (χ0n) is 12.2. The number of carbonyl (C=O) groups is 1. The van der Waals surface area contributed by atoms with Gasteiger partial charge in [-0.25, -0.2) is 0 Å². The third-order valence-corrected chi connectivity index (χ3v) is 4.86. The lowest BCUT2D eigenvalue weighted by molar-refractivity contribution is -0.132. The molecule has 1 saturated heterocycles. The number of amides is 1. The zero-order chi connectivity index (χ0) is 13.2. The Kier molecular flexibility index (Phi) is 4.00. The van der Waals surface area contributed by atoms with E-state index in [9.17, 15) is 4.79 Å². The molecule has 1 N–H and O–H groups in total. The molecule has 0 radical (unpaired) electrons. The van der Waals surface area contributed by atoms with E-state index in [1.165, 1.54) is 19.3 Å². The van der Waals surface area contributed by atoms with Crippen molar-refractivity contribution in [3.05, 3.63) is 0 Å². The van der Waals surface area contributed by atoms with E-state index >= 15 is 0 Å². The van der Waals surface area contributed by atoms with Gasteiger partial charge in [-0.3, -0.25) is 4.79 Å². The highest BCUT2D eigenvalue weighted by Crippen LogP contribution is 2.34. The van der Waals surface area contributed by atoms with Crippen molar-refractivity contribution in [3.63, 3.8) is 0 Å². The molecule has 3 heteroatoms. The van der Waals surface area contributed by atoms with Crippen LogP contribution in [0.1, 0.15) is 58.8 Å². The summed E-state index contributed by atoms with van der Waals surface area (Å²) in [5.41, 5.74) is 0.400. The Morgan fingerprint density at radius 1 is 1.17 bits per heavy atom. The van der Waals surface area contributed by atoms with Crippen molar-refractivity contribution in [1.29, 1.82) is 0 Å². The van der Waals surface area contributed by atoms with Crippen LogP contribution in [-0.2, 0) is 4.79 Å². The minimum atomic E-state index is 0.0854. The van der Waals surface area contributed by atoms with E-state index in [4.69, 9.17) is 0 Å². The van der Waals surface area contributed by atoms with Crippen molar-refractivity contribution in [2.75, 3.05) is 20.1 Å². The average molecular weight is 252 g/mol. The molecule has 0 aromatic heterocycles. The molecule has 2 aliphatic rings. The summed E-state index contributed by atoms with van der Waals surface area (Å²) >= 11 is 0. The van der Waals surface area contributed by atoms with Crippen LogP contribution in [0, 0.1) is 5.41 Å². The van der Waals surface area contributed by atoms with Crippen LogP contribution in [-0.4, -0.2) is 36.5 Å². The Morgan fingerprint density at radius 2 is 1.83 bits per heavy atom. The molecule has 104 valence electrons. The molecule has 1 aliphatic heterocycles. The summed E-state index contributed by atoms with van der Waals surface area (Å²) in [5, 5.41) is 3.45. The van der Waals surface area contributed by atoms with Crippen LogP contribution in [0.5, 0.6) is 0 Å². The van der Waals surface area contributed by atoms with Gasteiger partial charge in [-0.05, 0) is 31.7 Å². The molecule has 0 spiro atoms. The summed E-state index contributed by atoms with van der Waals surface area (Å²) in [6.07, 6.45) is 8.01. The number of hydrogen-bond acceptors (Lipinski definition) is 2. The van der Waals surface area contributed by atoms with Crippen molar-refractivity contribution in [2.24, 2.45) is 5.41 Å². The molecule has 0 bridgehead atoms. The van der Waals surface area contributed by atoms with Crippen LogP contribution in [0.3, 0.4) is 0 Å². The molecule has 2 rings (SSSR count). The second-order valence-electron chi connectivity index (χ2n) is 7.00. The van der Waals surface area contributed by atoms with Gasteiger partial charge in [-0.1, -0.05) is 33.1 Å². The van der Waals surface area contributed by atoms with Crippen LogP contribution >= 0.6 is 0 Å². The summed E-state index contributed by atoms with van der Waals surface area (Å²) in [5.74, 6) is 0.358. The minimum Gasteiger partial charge on any atom is -0.342 e. The predicted octanol–water partition coefficient (Wildman–Crippen LogP) is 2.56. The SMILES string of the molecule is CNC1(CC(=O)N2CCC(C)(C)C2)CCCCC1. The molecule has 0 aromatic carbocycles. The molecule has 18 heavy (non-hydrogen) atoms. The summed E-state index contributed by atoms with van der Waals surface area (Å²) in [7, 11) is 2.02. The van der Waals surface area contributed by atoms with Crippen LogP contribution in [0.2, 0.25) is 0 Å². The van der Waals surface area contributed by atoms with Crippen LogP contribution in [0.25, 0.3) is 0 Å². The van der Waals surface area contributed by atoms with E-state index in [2.05, 4.69) is 24.1 Å². The van der Waals surface area contributed by atoms with Gasteiger partial charge in [0.1, 0.15) is 0 Å². The van der Waals surface area contributed by atoms with Crippen molar-refractivity contribution in [2.45, 2.75) is 64.3 Å². The molecule has 1 saturated carbocycles. The summed E-state index contributed by atoms with van der Waals surface area (Å²) in [4.78, 5) is 14.5. The number of nitrogens with zero attached hydrogens (tertiary/aromatic N) is 1. The molecule has 0 aromatic rings. The first-order chi connectivity index (χ1) is 8.46. The lowest BCUT2D eigenvalue weighted by Gasteiger charge is -2.37. The lowest BCUT2D eigenvalue weighted by atomic mass is 9.79. The third kappa shape index (κ3) is 3.05. The number of carbonyl (C=O) groups excluding carboxylic acids is 1. The van der Waals surface area contributed by atoms with E-state index in [1.807, 2.05) is 7.05 Å². The van der Waals surface area contributed by atoms with E-state index in [0.717, 1.165) is 32.4 Å². The minimum absolute atomic E-state index is 0.0854. The third-order valence-electron chi connectivity index (χ3n) is 4.86. The molecule has 0 unspecified atom stereocenters. The van der Waals surface area contributed by atoms with E-state index in [0.29, 0.717) is 17.7 Å². The zero-order valence-corrected chi connectivity index (χ0v) is 12.2. The summed E-state index contributed by atoms with van der Waals surface area (Å²) < 4.78 is 0. The summed E-state index contributed by atoms with van der Waals surface area (Å²) in [6, 6.07) is 0. The lowest BCUT2D eigenvalue weighted by Crippen LogP contribution is -2.48. The van der Waals surface area contributed by atoms with Gasteiger partial charge in [-0.2, -0.15) is 0 Å². The molecular formula is C15H28N2O. The molecule has 3 nitrogen and oxygen atoms in total. The Hall–Kier alpha value is -0.570. The van der Waals surface area contributed by atoms with E-state index in [-0.39, 0.29) is 5.54 Å². The molecule has 1 amide bonds. The normalized spacial score (nSPS) is 26.3. The first-order valence-electron chi connectivity index (χ1n) is 7.43. The van der Waals surface area contributed by atoms with Gasteiger partial charge in [0.25, 0.3) is 0 Å². The van der Waals surface area contributed by atoms with Crippen molar-refractivity contribution >= 4 is 5.91 Å². The molecular weight excluding hydrogens is 224 g/mol. The Bertz CT molecular complexity index is 306. The van der Waals surface area contributed by atoms with Gasteiger partial charge in [0.05, 0.1) is 0 Å². The first kappa shape index (κ1) is 13.9. The van der Waals surface area contributed by atoms with Gasteiger partial charge < -0.3 is 10.2 Å². The fourth-order valence-electron chi connectivity index (χ4n) is 3.47. The Labute approximate surface area is 111 Å². The Balaban J connectivity index is 1.93. The standard InChI is InChI=1S/C15H28N2O/c1-14(2)9-10-17(12-14)13(18)11-15(16-3)7-5-4-6-8-15/h16H,4-12H2,1-3H3. The van der Waals surface area contributed by atoms with Gasteiger partial charge in [0, 0.05) is 25.0 Å². The maximum Gasteiger partial charge on any atom is 0.224 e. The topological polar surface area (TPSA) is 32.3 Å². The highest BCUT2D eigenvalue weighted by atomic mass is 16.2. The van der Waals surface area contributed by atoms with Crippen molar-refractivity contribution in [1.82, 2.24) is 10.2 Å². The summed E-state index contributed by atoms with van der Waals surface area (Å²) in [6.45, 7) is 6.40. The van der Waals surface area contributed by atoms with E-state index < -0.39 is 0 Å². The van der Waals surface area contributed by atoms with Crippen molar-refractivity contribution < 1.29 is 4.79 Å². The molecule has 0 atom stereocenters. The Morgan fingerprint density at radius 3 is 2.33 bits per heavy atom. The van der Waals surface area contributed by atoms with Gasteiger partial charge in [-0.15, -0.1) is 0 Å². The van der Waals surface area contributed by atoms with Gasteiger partial charge in [0.2, 0.25) is 5.91 Å². The second-order valence-corrected chi connectivity index (χ2v) is 7.00. The van der Waals surface area contributed by atoms with Gasteiger partial charge >= 0.3 is 0 Å².